The van der Waals surface area contributed by atoms with Crippen LogP contribution in [0.3, 0.4) is 0 Å². The van der Waals surface area contributed by atoms with Crippen molar-refractivity contribution in [1.29, 1.82) is 0 Å². The number of hydrogen-bond donors (Lipinski definition) is 6. The number of phenols is 1. The van der Waals surface area contributed by atoms with Crippen molar-refractivity contribution in [2.45, 2.75) is 70.5 Å². The number of esters is 1. The van der Waals surface area contributed by atoms with Crippen molar-refractivity contribution >= 4 is 41.4 Å². The molecule has 0 fully saturated rings. The highest BCUT2D eigenvalue weighted by Gasteiger charge is 2.26. The summed E-state index contributed by atoms with van der Waals surface area (Å²) in [7, 11) is 1.32. The average Bonchev–Trinajstić information content (AvgIpc) is 3.02. The summed E-state index contributed by atoms with van der Waals surface area (Å²) in [5.41, 5.74) is 9.51. The van der Waals surface area contributed by atoms with Crippen molar-refractivity contribution in [3.05, 3.63) is 64.7 Å². The van der Waals surface area contributed by atoms with Crippen LogP contribution in [0.2, 0.25) is 0 Å². The van der Waals surface area contributed by atoms with E-state index in [0.717, 1.165) is 22.3 Å². The molecule has 0 radical (unpaired) electrons. The van der Waals surface area contributed by atoms with E-state index in [1.54, 1.807) is 12.1 Å². The van der Waals surface area contributed by atoms with Crippen LogP contribution in [0.4, 0.5) is 0 Å². The maximum absolute atomic E-state index is 13.1. The van der Waals surface area contributed by atoms with E-state index in [-0.39, 0.29) is 36.9 Å². The van der Waals surface area contributed by atoms with Gasteiger partial charge < -0.3 is 36.8 Å². The summed E-state index contributed by atoms with van der Waals surface area (Å²) in [6.07, 6.45) is 4.01. The van der Waals surface area contributed by atoms with Gasteiger partial charge in [-0.3, -0.25) is 24.0 Å². The predicted octanol–water partition coefficient (Wildman–Crippen LogP) is 1.42. The Balaban J connectivity index is 1.98. The fourth-order valence-electron chi connectivity index (χ4n) is 4.81. The van der Waals surface area contributed by atoms with E-state index in [2.05, 4.69) is 26.0 Å². The Hall–Kier alpha value is -4.10. The first-order chi connectivity index (χ1) is 21.9. The first kappa shape index (κ1) is 38.1. The van der Waals surface area contributed by atoms with Crippen LogP contribution < -0.4 is 27.0 Å². The van der Waals surface area contributed by atoms with Crippen LogP contribution in [-0.2, 0) is 41.6 Å². The monoisotopic (exact) mass is 657 g/mol. The number of thioether (sulfide) groups is 1. The molecule has 12 nitrogen and oxygen atoms in total. The van der Waals surface area contributed by atoms with Gasteiger partial charge in [-0.1, -0.05) is 30.3 Å². The number of aryl methyl sites for hydroxylation is 2. The number of nitrogens with two attached hydrogens (primary N) is 1. The first-order valence-electron chi connectivity index (χ1n) is 15.2. The number of ether oxygens (including phenoxy) is 1. The standard InChI is InChI=1S/C33H47N5O7S/c1-21-16-24(39)17-22(2)25(21)19-26(34)31(42)38-27(13-15-46-4)32(43)36-20-29(40)37-28(18-23-10-6-5-7-11-23)33(44)35-14-9-8-12-30(41)45-3/h5-7,10-11,16-17,26-28,39H,8-9,12-15,18-20,34H2,1-4H3,(H,35,44)(H,36,43)(H,37,40)(H,38,42)/t26-,27-,28+/m1/s1. The number of methoxy groups -OCH3 is 1. The second-order valence-electron chi connectivity index (χ2n) is 11.1. The van der Waals surface area contributed by atoms with Gasteiger partial charge in [0, 0.05) is 19.4 Å². The van der Waals surface area contributed by atoms with Gasteiger partial charge in [-0.2, -0.15) is 11.8 Å². The topological polar surface area (TPSA) is 189 Å². The number of phenolic OH excluding ortho intramolecular Hbond substituents is 1. The zero-order valence-electron chi connectivity index (χ0n) is 27.0. The molecule has 0 saturated heterocycles. The van der Waals surface area contributed by atoms with Crippen LogP contribution in [0, 0.1) is 13.8 Å². The molecule has 4 amide bonds. The van der Waals surface area contributed by atoms with Crippen LogP contribution in [0.5, 0.6) is 5.75 Å². The third-order valence-corrected chi connectivity index (χ3v) is 8.02. The molecular formula is C33H47N5O7S. The molecule has 3 atom stereocenters. The van der Waals surface area contributed by atoms with Gasteiger partial charge in [0.2, 0.25) is 23.6 Å². The predicted molar refractivity (Wildman–Crippen MR) is 178 cm³/mol. The fourth-order valence-corrected chi connectivity index (χ4v) is 5.29. The molecule has 0 aliphatic rings. The summed E-state index contributed by atoms with van der Waals surface area (Å²) < 4.78 is 4.62. The lowest BCUT2D eigenvalue weighted by Crippen LogP contribution is -2.54. The largest absolute Gasteiger partial charge is 0.508 e. The fraction of sp³-hybridized carbons (Fsp3) is 0.485. The third-order valence-electron chi connectivity index (χ3n) is 7.38. The molecule has 2 aromatic carbocycles. The first-order valence-corrected chi connectivity index (χ1v) is 16.6. The Morgan fingerprint density at radius 2 is 1.54 bits per heavy atom. The zero-order chi connectivity index (χ0) is 34.1. The van der Waals surface area contributed by atoms with Crippen molar-refractivity contribution in [3.63, 3.8) is 0 Å². The number of amides is 4. The highest BCUT2D eigenvalue weighted by Crippen LogP contribution is 2.22. The van der Waals surface area contributed by atoms with Crippen LogP contribution in [0.1, 0.15) is 47.9 Å². The average molecular weight is 658 g/mol. The molecular weight excluding hydrogens is 610 g/mol. The smallest absolute Gasteiger partial charge is 0.305 e. The molecule has 2 rings (SSSR count). The van der Waals surface area contributed by atoms with E-state index < -0.39 is 42.4 Å². The van der Waals surface area contributed by atoms with Crippen LogP contribution >= 0.6 is 11.8 Å². The summed E-state index contributed by atoms with van der Waals surface area (Å²) in [6, 6.07) is 9.66. The van der Waals surface area contributed by atoms with E-state index in [0.29, 0.717) is 31.6 Å². The van der Waals surface area contributed by atoms with Crippen molar-refractivity contribution < 1.29 is 33.8 Å². The number of nitrogens with one attached hydrogen (secondary N) is 4. The molecule has 0 aliphatic heterocycles. The molecule has 252 valence electrons. The van der Waals surface area contributed by atoms with E-state index in [1.807, 2.05) is 50.4 Å². The van der Waals surface area contributed by atoms with E-state index >= 15 is 0 Å². The summed E-state index contributed by atoms with van der Waals surface area (Å²) in [4.78, 5) is 63.3. The van der Waals surface area contributed by atoms with Crippen LogP contribution in [-0.4, -0.2) is 85.0 Å². The Morgan fingerprint density at radius 3 is 2.17 bits per heavy atom. The summed E-state index contributed by atoms with van der Waals surface area (Å²) in [6.45, 7) is 3.57. The van der Waals surface area contributed by atoms with E-state index in [4.69, 9.17) is 5.73 Å². The minimum Gasteiger partial charge on any atom is -0.508 e. The van der Waals surface area contributed by atoms with Gasteiger partial charge in [-0.15, -0.1) is 0 Å². The van der Waals surface area contributed by atoms with Gasteiger partial charge in [0.25, 0.3) is 0 Å². The minimum absolute atomic E-state index is 0.133. The number of carbonyl (C=O) groups is 5. The van der Waals surface area contributed by atoms with E-state index in [9.17, 15) is 29.1 Å². The number of benzene rings is 2. The molecule has 2 aromatic rings. The molecule has 0 spiro atoms. The van der Waals surface area contributed by atoms with Crippen molar-refractivity contribution in [2.24, 2.45) is 5.73 Å². The lowest BCUT2D eigenvalue weighted by atomic mass is 9.96. The lowest BCUT2D eigenvalue weighted by Gasteiger charge is -2.22. The van der Waals surface area contributed by atoms with Gasteiger partial charge in [0.1, 0.15) is 17.8 Å². The molecule has 0 heterocycles. The minimum atomic E-state index is -0.937. The second-order valence-corrected chi connectivity index (χ2v) is 12.0. The van der Waals surface area contributed by atoms with Crippen LogP contribution in [0.15, 0.2) is 42.5 Å². The Bertz CT molecular complexity index is 1300. The van der Waals surface area contributed by atoms with Gasteiger partial charge >= 0.3 is 5.97 Å². The van der Waals surface area contributed by atoms with Crippen molar-refractivity contribution in [1.82, 2.24) is 21.3 Å². The summed E-state index contributed by atoms with van der Waals surface area (Å²) in [5.74, 6) is -1.62. The molecule has 0 saturated carbocycles. The second kappa shape index (κ2) is 20.1. The SMILES string of the molecule is COC(=O)CCCCNC(=O)[C@H](Cc1ccccc1)NC(=O)CNC(=O)[C@@H](CCSC)NC(=O)[C@H](N)Cc1c(C)cc(O)cc1C. The zero-order valence-corrected chi connectivity index (χ0v) is 27.8. The molecule has 0 bridgehead atoms. The number of hydrogen-bond acceptors (Lipinski definition) is 9. The van der Waals surface area contributed by atoms with Gasteiger partial charge in [0.15, 0.2) is 0 Å². The van der Waals surface area contributed by atoms with E-state index in [1.165, 1.54) is 18.9 Å². The van der Waals surface area contributed by atoms with Gasteiger partial charge in [-0.25, -0.2) is 0 Å². The van der Waals surface area contributed by atoms with Crippen LogP contribution in [0.25, 0.3) is 0 Å². The molecule has 7 N–H and O–H groups in total. The molecule has 46 heavy (non-hydrogen) atoms. The number of unbranched alkanes of at least 4 members (excludes halogenated alkanes) is 1. The molecule has 0 aliphatic carbocycles. The number of carbonyl (C=O) groups excluding carboxylic acids is 5. The molecule has 0 unspecified atom stereocenters. The number of aromatic hydroxyl groups is 1. The van der Waals surface area contributed by atoms with Gasteiger partial charge in [-0.05, 0) is 85.9 Å². The van der Waals surface area contributed by atoms with Gasteiger partial charge in [0.05, 0.1) is 19.7 Å². The Labute approximate surface area is 275 Å². The normalized spacial score (nSPS) is 12.7. The quantitative estimate of drug-likeness (QED) is 0.0959. The van der Waals surface area contributed by atoms with Crippen molar-refractivity contribution in [2.75, 3.05) is 32.2 Å². The Kier molecular flexibility index (Phi) is 16.7. The summed E-state index contributed by atoms with van der Waals surface area (Å²) >= 11 is 1.51. The highest BCUT2D eigenvalue weighted by atomic mass is 32.2. The summed E-state index contributed by atoms with van der Waals surface area (Å²) in [5, 5.41) is 20.6. The lowest BCUT2D eigenvalue weighted by molar-refractivity contribution is -0.140. The molecule has 13 heteroatoms. The maximum atomic E-state index is 13.1. The highest BCUT2D eigenvalue weighted by molar-refractivity contribution is 7.98. The maximum Gasteiger partial charge on any atom is 0.305 e. The molecule has 0 aromatic heterocycles. The number of rotatable bonds is 19. The van der Waals surface area contributed by atoms with Crippen molar-refractivity contribution in [3.8, 4) is 5.75 Å². The third kappa shape index (κ3) is 13.5. The Morgan fingerprint density at radius 1 is 0.891 bits per heavy atom.